The Balaban J connectivity index is 4.43. The van der Waals surface area contributed by atoms with E-state index in [2.05, 4.69) is 26.1 Å². The Morgan fingerprint density at radius 3 is 0.984 bits per heavy atom. The molecule has 0 aliphatic carbocycles. The van der Waals surface area contributed by atoms with Crippen molar-refractivity contribution in [2.24, 2.45) is 0 Å². The molecule has 0 spiro atoms. The number of hydrogen-bond donors (Lipinski definition) is 3. The summed E-state index contributed by atoms with van der Waals surface area (Å²) in [5, 5.41) is 23.9. The van der Waals surface area contributed by atoms with E-state index in [0.717, 1.165) is 38.5 Å². The molecule has 0 heterocycles. The van der Waals surface area contributed by atoms with Crippen molar-refractivity contribution in [3.8, 4) is 0 Å². The average Bonchev–Trinajstić information content (AvgIpc) is 3.26. The predicted octanol–water partition coefficient (Wildman–Crippen LogP) is 17.1. The fraction of sp³-hybridized carbons (Fsp3) is 0.964. The topological polar surface area (TPSA) is 95.9 Å². The third-order valence-corrected chi connectivity index (χ3v) is 13.4. The molecule has 0 aliphatic heterocycles. The summed E-state index contributed by atoms with van der Waals surface area (Å²) in [6.45, 7) is 6.53. The van der Waals surface area contributed by atoms with Gasteiger partial charge in [-0.1, -0.05) is 284 Å². The zero-order valence-electron chi connectivity index (χ0n) is 42.3. The third-order valence-electron chi connectivity index (χ3n) is 13.4. The van der Waals surface area contributed by atoms with Crippen molar-refractivity contribution in [2.45, 2.75) is 341 Å². The van der Waals surface area contributed by atoms with Crippen LogP contribution in [-0.4, -0.2) is 46.9 Å². The zero-order chi connectivity index (χ0) is 45.2. The van der Waals surface area contributed by atoms with Gasteiger partial charge in [-0.25, -0.2) is 0 Å². The molecule has 0 radical (unpaired) electrons. The van der Waals surface area contributed by atoms with Crippen molar-refractivity contribution < 1.29 is 24.5 Å². The molecular weight excluding hydrogens is 767 g/mol. The lowest BCUT2D eigenvalue weighted by atomic mass is 10.0. The van der Waals surface area contributed by atoms with Gasteiger partial charge in [-0.3, -0.25) is 9.59 Å². The first-order chi connectivity index (χ1) is 30.5. The largest absolute Gasteiger partial charge is 0.462 e. The van der Waals surface area contributed by atoms with Crippen molar-refractivity contribution >= 4 is 11.9 Å². The summed E-state index contributed by atoms with van der Waals surface area (Å²) in [7, 11) is 0. The summed E-state index contributed by atoms with van der Waals surface area (Å²) in [5.41, 5.74) is 0. The lowest BCUT2D eigenvalue weighted by Gasteiger charge is -2.24. The Kier molecular flexibility index (Phi) is 49.9. The number of hydrogen-bond acceptors (Lipinski definition) is 5. The van der Waals surface area contributed by atoms with Crippen molar-refractivity contribution in [2.75, 3.05) is 6.61 Å². The SMILES string of the molecule is CCCCCCCCCCCCCCCCCCCC(O)C(CO)NC(=O)CC(CCCCCCCCCCCCCC)OC(=O)CCCCCCCCCCCCCCCC. The van der Waals surface area contributed by atoms with Gasteiger partial charge in [0.15, 0.2) is 0 Å². The van der Waals surface area contributed by atoms with Crippen LogP contribution in [0.15, 0.2) is 0 Å². The summed E-state index contributed by atoms with van der Waals surface area (Å²) in [5.74, 6) is -0.447. The summed E-state index contributed by atoms with van der Waals surface area (Å²) in [6, 6.07) is -0.692. The van der Waals surface area contributed by atoms with Crippen LogP contribution in [0.25, 0.3) is 0 Å². The van der Waals surface area contributed by atoms with E-state index in [9.17, 15) is 19.8 Å². The van der Waals surface area contributed by atoms with E-state index < -0.39 is 18.2 Å². The molecule has 0 aromatic carbocycles. The van der Waals surface area contributed by atoms with Crippen molar-refractivity contribution in [3.05, 3.63) is 0 Å². The van der Waals surface area contributed by atoms with Gasteiger partial charge in [-0.15, -0.1) is 0 Å². The van der Waals surface area contributed by atoms with Crippen LogP contribution in [0.3, 0.4) is 0 Å². The van der Waals surface area contributed by atoms with Crippen LogP contribution in [0.1, 0.15) is 323 Å². The van der Waals surface area contributed by atoms with E-state index in [1.54, 1.807) is 0 Å². The minimum absolute atomic E-state index is 0.0882. The zero-order valence-corrected chi connectivity index (χ0v) is 42.3. The van der Waals surface area contributed by atoms with Gasteiger partial charge in [0.25, 0.3) is 0 Å². The van der Waals surface area contributed by atoms with E-state index >= 15 is 0 Å². The normalized spacial score (nSPS) is 13.0. The first kappa shape index (κ1) is 60.9. The standard InChI is InChI=1S/C56H111NO5/c1-4-7-10-13-16-19-22-25-27-28-29-30-33-36-39-42-45-48-54(59)53(51-58)57-55(60)50-52(47-44-41-38-35-32-24-21-18-15-12-9-6-3)62-56(61)49-46-43-40-37-34-31-26-23-20-17-14-11-8-5-2/h52-54,58-59H,4-51H2,1-3H3,(H,57,60). The van der Waals surface area contributed by atoms with Crippen molar-refractivity contribution in [1.29, 1.82) is 0 Å². The molecule has 0 fully saturated rings. The molecule has 0 saturated carbocycles. The Labute approximate surface area is 387 Å². The number of rotatable bonds is 52. The second-order valence-corrected chi connectivity index (χ2v) is 19.7. The Morgan fingerprint density at radius 2 is 0.677 bits per heavy atom. The number of nitrogens with one attached hydrogen (secondary N) is 1. The van der Waals surface area contributed by atoms with E-state index in [0.29, 0.717) is 19.3 Å². The van der Waals surface area contributed by atoms with Crippen molar-refractivity contribution in [1.82, 2.24) is 5.32 Å². The first-order valence-corrected chi connectivity index (χ1v) is 28.3. The van der Waals surface area contributed by atoms with E-state index in [1.807, 2.05) is 0 Å². The monoisotopic (exact) mass is 878 g/mol. The summed E-state index contributed by atoms with van der Waals surface area (Å²) < 4.78 is 5.95. The first-order valence-electron chi connectivity index (χ1n) is 28.3. The smallest absolute Gasteiger partial charge is 0.306 e. The molecule has 3 atom stereocenters. The van der Waals surface area contributed by atoms with Crippen LogP contribution in [0, 0.1) is 0 Å². The number of aliphatic hydroxyl groups excluding tert-OH is 2. The average molecular weight is 879 g/mol. The summed E-state index contributed by atoms with van der Waals surface area (Å²) in [6.07, 6.45) is 55.9. The number of ether oxygens (including phenoxy) is 1. The molecular formula is C56H111NO5. The van der Waals surface area contributed by atoms with E-state index in [1.165, 1.54) is 238 Å². The van der Waals surface area contributed by atoms with Crippen LogP contribution in [0.2, 0.25) is 0 Å². The Bertz CT molecular complexity index is 898. The van der Waals surface area contributed by atoms with Crippen LogP contribution in [0.5, 0.6) is 0 Å². The molecule has 0 aromatic heterocycles. The number of carbonyl (C=O) groups is 2. The van der Waals surface area contributed by atoms with Gasteiger partial charge in [-0.05, 0) is 25.7 Å². The molecule has 62 heavy (non-hydrogen) atoms. The Morgan fingerprint density at radius 1 is 0.403 bits per heavy atom. The quantitative estimate of drug-likeness (QED) is 0.0418. The maximum atomic E-state index is 13.2. The molecule has 1 amide bonds. The molecule has 0 bridgehead atoms. The predicted molar refractivity (Wildman–Crippen MR) is 269 cm³/mol. The highest BCUT2D eigenvalue weighted by atomic mass is 16.5. The highest BCUT2D eigenvalue weighted by molar-refractivity contribution is 5.77. The highest BCUT2D eigenvalue weighted by Gasteiger charge is 2.24. The highest BCUT2D eigenvalue weighted by Crippen LogP contribution is 2.19. The van der Waals surface area contributed by atoms with Crippen LogP contribution in [0.4, 0.5) is 0 Å². The summed E-state index contributed by atoms with van der Waals surface area (Å²) >= 11 is 0. The van der Waals surface area contributed by atoms with Gasteiger partial charge in [0.2, 0.25) is 5.91 Å². The minimum atomic E-state index is -0.780. The van der Waals surface area contributed by atoms with Gasteiger partial charge in [-0.2, -0.15) is 0 Å². The molecule has 3 N–H and O–H groups in total. The van der Waals surface area contributed by atoms with Gasteiger partial charge < -0.3 is 20.3 Å². The lowest BCUT2D eigenvalue weighted by Crippen LogP contribution is -2.46. The van der Waals surface area contributed by atoms with Crippen LogP contribution in [-0.2, 0) is 14.3 Å². The maximum absolute atomic E-state index is 13.2. The van der Waals surface area contributed by atoms with Gasteiger partial charge in [0, 0.05) is 6.42 Å². The van der Waals surface area contributed by atoms with E-state index in [4.69, 9.17) is 4.74 Å². The summed E-state index contributed by atoms with van der Waals surface area (Å²) in [4.78, 5) is 26.2. The lowest BCUT2D eigenvalue weighted by molar-refractivity contribution is -0.151. The third kappa shape index (κ3) is 45.4. The molecule has 3 unspecified atom stereocenters. The molecule has 6 heteroatoms. The second-order valence-electron chi connectivity index (χ2n) is 19.7. The van der Waals surface area contributed by atoms with Gasteiger partial charge >= 0.3 is 5.97 Å². The Hall–Kier alpha value is -1.14. The molecule has 370 valence electrons. The number of unbranched alkanes of at least 4 members (excludes halogenated alkanes) is 40. The molecule has 0 aliphatic rings. The number of esters is 1. The number of amides is 1. The van der Waals surface area contributed by atoms with Crippen molar-refractivity contribution in [3.63, 3.8) is 0 Å². The fourth-order valence-corrected chi connectivity index (χ4v) is 9.14. The minimum Gasteiger partial charge on any atom is -0.462 e. The number of aliphatic hydroxyl groups is 2. The maximum Gasteiger partial charge on any atom is 0.306 e. The molecule has 0 saturated heterocycles. The fourth-order valence-electron chi connectivity index (χ4n) is 9.14. The van der Waals surface area contributed by atoms with Crippen LogP contribution >= 0.6 is 0 Å². The van der Waals surface area contributed by atoms with Gasteiger partial charge in [0.05, 0.1) is 25.2 Å². The molecule has 0 aromatic rings. The van der Waals surface area contributed by atoms with Gasteiger partial charge in [0.1, 0.15) is 6.10 Å². The molecule has 6 nitrogen and oxygen atoms in total. The number of carbonyl (C=O) groups excluding carboxylic acids is 2. The molecule has 0 rings (SSSR count). The van der Waals surface area contributed by atoms with E-state index in [-0.39, 0.29) is 24.9 Å². The second kappa shape index (κ2) is 50.9. The van der Waals surface area contributed by atoms with Crippen LogP contribution < -0.4 is 5.32 Å².